The lowest BCUT2D eigenvalue weighted by Gasteiger charge is -2.09. The summed E-state index contributed by atoms with van der Waals surface area (Å²) in [4.78, 5) is 27.1. The van der Waals surface area contributed by atoms with Crippen molar-refractivity contribution in [3.8, 4) is 5.75 Å². The second-order valence-electron chi connectivity index (χ2n) is 6.56. The average molecular weight is 392 g/mol. The molecule has 0 unspecified atom stereocenters. The average Bonchev–Trinajstić information content (AvgIpc) is 2.63. The van der Waals surface area contributed by atoms with Crippen molar-refractivity contribution in [3.05, 3.63) is 52.2 Å². The quantitative estimate of drug-likeness (QED) is 0.465. The van der Waals surface area contributed by atoms with Gasteiger partial charge in [-0.05, 0) is 49.6 Å². The molecule has 3 rings (SSSR count). The molecule has 1 heterocycles. The number of carbonyl (C=O) groups is 1. The van der Waals surface area contributed by atoms with Crippen LogP contribution in [-0.2, 0) is 0 Å². The molecule has 1 aromatic heterocycles. The lowest BCUT2D eigenvalue weighted by atomic mass is 10.1. The fraction of sp³-hybridized carbons (Fsp3) is 0.300. The van der Waals surface area contributed by atoms with E-state index in [1.54, 1.807) is 24.3 Å². The number of aromatic amines is 1. The van der Waals surface area contributed by atoms with Crippen LogP contribution in [0.15, 0.2) is 41.2 Å². The number of amides is 1. The van der Waals surface area contributed by atoms with Gasteiger partial charge in [-0.25, -0.2) is 0 Å². The van der Waals surface area contributed by atoms with E-state index in [1.807, 2.05) is 0 Å². The van der Waals surface area contributed by atoms with Crippen molar-refractivity contribution in [1.82, 2.24) is 4.98 Å². The molecule has 0 fully saturated rings. The van der Waals surface area contributed by atoms with Crippen LogP contribution in [-0.4, -0.2) is 23.7 Å². The molecule has 5 nitrogen and oxygen atoms in total. The summed E-state index contributed by atoms with van der Waals surface area (Å²) in [5.41, 5.74) is 6.40. The highest BCUT2D eigenvalue weighted by molar-refractivity contribution is 5.99. The highest BCUT2D eigenvalue weighted by Gasteiger charge is 2.25. The number of rotatable bonds is 7. The van der Waals surface area contributed by atoms with Gasteiger partial charge in [-0.1, -0.05) is 0 Å². The molecule has 8 heteroatoms. The van der Waals surface area contributed by atoms with Crippen molar-refractivity contribution >= 4 is 27.7 Å². The van der Waals surface area contributed by atoms with Crippen molar-refractivity contribution in [2.75, 3.05) is 6.61 Å². The number of pyridine rings is 1. The molecule has 0 saturated heterocycles. The fourth-order valence-corrected chi connectivity index (χ4v) is 3.00. The minimum atomic E-state index is -4.12. The second-order valence-corrected chi connectivity index (χ2v) is 6.56. The molecule has 3 N–H and O–H groups in total. The summed E-state index contributed by atoms with van der Waals surface area (Å²) in [7, 11) is 0. The number of ether oxygens (including phenoxy) is 1. The first-order chi connectivity index (χ1) is 13.2. The van der Waals surface area contributed by atoms with Crippen molar-refractivity contribution < 1.29 is 22.7 Å². The number of fused-ring (bicyclic) bond motifs is 2. The monoisotopic (exact) mass is 392 g/mol. The van der Waals surface area contributed by atoms with E-state index < -0.39 is 18.5 Å². The molecule has 2 aromatic carbocycles. The van der Waals surface area contributed by atoms with E-state index in [-0.39, 0.29) is 24.0 Å². The number of benzene rings is 2. The summed E-state index contributed by atoms with van der Waals surface area (Å²) in [6.45, 7) is 0.285. The van der Waals surface area contributed by atoms with Crippen molar-refractivity contribution in [2.24, 2.45) is 5.73 Å². The normalized spacial score (nSPS) is 11.8. The van der Waals surface area contributed by atoms with Crippen LogP contribution in [0.1, 0.15) is 36.0 Å². The third-order valence-corrected chi connectivity index (χ3v) is 4.43. The van der Waals surface area contributed by atoms with Gasteiger partial charge in [-0.15, -0.1) is 0 Å². The first-order valence-electron chi connectivity index (χ1n) is 8.84. The summed E-state index contributed by atoms with van der Waals surface area (Å²) >= 11 is 0. The third kappa shape index (κ3) is 4.62. The van der Waals surface area contributed by atoms with Gasteiger partial charge < -0.3 is 15.5 Å². The van der Waals surface area contributed by atoms with Crippen LogP contribution in [0.3, 0.4) is 0 Å². The Hall–Kier alpha value is -3.03. The third-order valence-electron chi connectivity index (χ3n) is 4.43. The van der Waals surface area contributed by atoms with Gasteiger partial charge in [-0.3, -0.25) is 9.59 Å². The molecule has 28 heavy (non-hydrogen) atoms. The molecule has 0 atom stereocenters. The van der Waals surface area contributed by atoms with Gasteiger partial charge >= 0.3 is 6.18 Å². The molecule has 1 amide bonds. The summed E-state index contributed by atoms with van der Waals surface area (Å²) in [5.74, 6) is -0.0881. The Morgan fingerprint density at radius 3 is 2.36 bits per heavy atom. The summed E-state index contributed by atoms with van der Waals surface area (Å²) < 4.78 is 41.9. The van der Waals surface area contributed by atoms with E-state index in [1.165, 1.54) is 12.1 Å². The maximum atomic E-state index is 12.6. The van der Waals surface area contributed by atoms with Gasteiger partial charge in [0.1, 0.15) is 5.75 Å². The first kappa shape index (κ1) is 19.7. The van der Waals surface area contributed by atoms with E-state index >= 15 is 0 Å². The molecule has 0 bridgehead atoms. The second kappa shape index (κ2) is 7.92. The largest absolute Gasteiger partial charge is 0.494 e. The number of primary amides is 1. The van der Waals surface area contributed by atoms with Crippen molar-refractivity contribution in [3.63, 3.8) is 0 Å². The predicted octanol–water partition coefficient (Wildman–Crippen LogP) is 4.28. The minimum Gasteiger partial charge on any atom is -0.494 e. The number of hydrogen-bond donors (Lipinski definition) is 2. The van der Waals surface area contributed by atoms with Gasteiger partial charge in [-0.2, -0.15) is 13.2 Å². The Bertz CT molecular complexity index is 1070. The number of hydrogen-bond acceptors (Lipinski definition) is 3. The van der Waals surface area contributed by atoms with Crippen LogP contribution in [0, 0.1) is 0 Å². The summed E-state index contributed by atoms with van der Waals surface area (Å²) in [5, 5.41) is 0.910. The van der Waals surface area contributed by atoms with Crippen molar-refractivity contribution in [1.29, 1.82) is 0 Å². The van der Waals surface area contributed by atoms with Crippen molar-refractivity contribution in [2.45, 2.75) is 31.9 Å². The number of H-pyrrole nitrogens is 1. The molecular weight excluding hydrogens is 373 g/mol. The van der Waals surface area contributed by atoms with E-state index in [0.29, 0.717) is 40.4 Å². The zero-order chi connectivity index (χ0) is 20.3. The Kier molecular flexibility index (Phi) is 5.58. The minimum absolute atomic E-state index is 0.0755. The van der Waals surface area contributed by atoms with E-state index in [9.17, 15) is 22.8 Å². The Labute approximate surface area is 158 Å². The molecule has 0 spiro atoms. The molecule has 148 valence electrons. The molecular formula is C20H19F3N2O3. The van der Waals surface area contributed by atoms with Gasteiger partial charge in [0, 0.05) is 28.8 Å². The van der Waals surface area contributed by atoms with Gasteiger partial charge in [0.05, 0.1) is 17.6 Å². The maximum Gasteiger partial charge on any atom is 0.389 e. The molecule has 0 radical (unpaired) electrons. The van der Waals surface area contributed by atoms with Gasteiger partial charge in [0.15, 0.2) is 5.43 Å². The molecule has 0 saturated carbocycles. The molecule has 0 aliphatic rings. The van der Waals surface area contributed by atoms with Crippen LogP contribution in [0.2, 0.25) is 0 Å². The van der Waals surface area contributed by atoms with Gasteiger partial charge in [0.25, 0.3) is 0 Å². The van der Waals surface area contributed by atoms with E-state index in [2.05, 4.69) is 4.98 Å². The predicted molar refractivity (Wildman–Crippen MR) is 101 cm³/mol. The number of unbranched alkanes of at least 4 members (excludes halogenated alkanes) is 2. The number of alkyl halides is 3. The molecule has 3 aromatic rings. The van der Waals surface area contributed by atoms with Gasteiger partial charge in [0.2, 0.25) is 5.91 Å². The summed E-state index contributed by atoms with van der Waals surface area (Å²) in [6.07, 6.45) is -3.91. The Balaban J connectivity index is 1.74. The topological polar surface area (TPSA) is 85.2 Å². The number of nitrogens with one attached hydrogen (secondary N) is 1. The standard InChI is InChI=1S/C20H19F3N2O3/c21-20(22,23)8-2-1-3-9-28-13-5-7-15-17(11-13)25-16-10-12(19(24)27)4-6-14(16)18(15)26/h4-7,10-11H,1-3,8-9H2,(H2,24,27)(H,25,26). The Morgan fingerprint density at radius 1 is 1.00 bits per heavy atom. The van der Waals surface area contributed by atoms with Crippen LogP contribution >= 0.6 is 0 Å². The smallest absolute Gasteiger partial charge is 0.389 e. The SMILES string of the molecule is NC(=O)c1ccc2c(=O)c3ccc(OCCCCCC(F)(F)F)cc3[nH]c2c1. The maximum absolute atomic E-state index is 12.6. The van der Waals surface area contributed by atoms with E-state index in [4.69, 9.17) is 10.5 Å². The number of nitrogens with two attached hydrogens (primary N) is 1. The zero-order valence-electron chi connectivity index (χ0n) is 14.9. The van der Waals surface area contributed by atoms with E-state index in [0.717, 1.165) is 0 Å². The fourth-order valence-electron chi connectivity index (χ4n) is 3.00. The lowest BCUT2D eigenvalue weighted by Crippen LogP contribution is -2.12. The lowest BCUT2D eigenvalue weighted by molar-refractivity contribution is -0.135. The van der Waals surface area contributed by atoms with Crippen LogP contribution < -0.4 is 15.9 Å². The van der Waals surface area contributed by atoms with Crippen LogP contribution in [0.4, 0.5) is 13.2 Å². The zero-order valence-corrected chi connectivity index (χ0v) is 14.9. The highest BCUT2D eigenvalue weighted by Crippen LogP contribution is 2.23. The van der Waals surface area contributed by atoms with Crippen LogP contribution in [0.25, 0.3) is 21.8 Å². The number of carbonyl (C=O) groups excluding carboxylic acids is 1. The summed E-state index contributed by atoms with van der Waals surface area (Å²) in [6, 6.07) is 9.52. The van der Waals surface area contributed by atoms with Crippen LogP contribution in [0.5, 0.6) is 5.75 Å². The Morgan fingerprint density at radius 2 is 1.68 bits per heavy atom. The molecule has 0 aliphatic carbocycles. The highest BCUT2D eigenvalue weighted by atomic mass is 19.4. The molecule has 0 aliphatic heterocycles. The number of halogens is 3. The number of aromatic nitrogens is 1. The first-order valence-corrected chi connectivity index (χ1v) is 8.84.